The van der Waals surface area contributed by atoms with Gasteiger partial charge in [-0.25, -0.2) is 9.61 Å². The Morgan fingerprint density at radius 2 is 2.38 bits per heavy atom. The van der Waals surface area contributed by atoms with Gasteiger partial charge in [-0.2, -0.15) is 0 Å². The summed E-state index contributed by atoms with van der Waals surface area (Å²) in [5, 5.41) is 9.99. The van der Waals surface area contributed by atoms with Crippen LogP contribution in [0, 0.1) is 6.92 Å². The number of aromatic nitrogens is 4. The van der Waals surface area contributed by atoms with Crippen LogP contribution in [-0.4, -0.2) is 25.8 Å². The first-order chi connectivity index (χ1) is 7.68. The molecule has 16 heavy (non-hydrogen) atoms. The van der Waals surface area contributed by atoms with Crippen LogP contribution in [0.25, 0.3) is 0 Å². The van der Waals surface area contributed by atoms with Crippen molar-refractivity contribution < 1.29 is 9.42 Å². The molecule has 0 unspecified atom stereocenters. The van der Waals surface area contributed by atoms with Crippen LogP contribution in [-0.2, 0) is 13.6 Å². The van der Waals surface area contributed by atoms with Crippen molar-refractivity contribution in [3.05, 3.63) is 29.6 Å². The van der Waals surface area contributed by atoms with Crippen LogP contribution in [0.5, 0.6) is 0 Å². The second kappa shape index (κ2) is 4.13. The van der Waals surface area contributed by atoms with Crippen molar-refractivity contribution in [2.75, 3.05) is 0 Å². The van der Waals surface area contributed by atoms with Gasteiger partial charge in [0.2, 0.25) is 0 Å². The van der Waals surface area contributed by atoms with Crippen molar-refractivity contribution in [3.8, 4) is 0 Å². The molecule has 1 amide bonds. The van der Waals surface area contributed by atoms with E-state index in [4.69, 9.17) is 0 Å². The third-order valence-electron chi connectivity index (χ3n) is 2.21. The highest BCUT2D eigenvalue weighted by Gasteiger charge is 2.11. The summed E-state index contributed by atoms with van der Waals surface area (Å²) in [5.41, 5.74) is 1.79. The first-order valence-electron chi connectivity index (χ1n) is 4.71. The minimum Gasteiger partial charge on any atom is -0.345 e. The van der Waals surface area contributed by atoms with Crippen molar-refractivity contribution in [2.45, 2.75) is 13.5 Å². The summed E-state index contributed by atoms with van der Waals surface area (Å²) >= 11 is 0. The Balaban J connectivity index is 1.99. The van der Waals surface area contributed by atoms with Crippen LogP contribution in [0.1, 0.15) is 21.9 Å². The van der Waals surface area contributed by atoms with E-state index in [0.717, 1.165) is 0 Å². The molecule has 0 aliphatic heterocycles. The Labute approximate surface area is 91.4 Å². The Kier molecular flexibility index (Phi) is 2.67. The Hall–Kier alpha value is -2.18. The Morgan fingerprint density at radius 1 is 1.56 bits per heavy atom. The second-order valence-corrected chi connectivity index (χ2v) is 3.37. The summed E-state index contributed by atoms with van der Waals surface area (Å²) in [6.45, 7) is 2.06. The zero-order valence-corrected chi connectivity index (χ0v) is 8.97. The van der Waals surface area contributed by atoms with Gasteiger partial charge in [-0.1, -0.05) is 10.3 Å². The maximum Gasteiger partial charge on any atom is 0.269 e. The van der Waals surface area contributed by atoms with E-state index in [-0.39, 0.29) is 5.91 Å². The average Bonchev–Trinajstić information content (AvgIpc) is 2.84. The van der Waals surface area contributed by atoms with Gasteiger partial charge in [-0.05, 0) is 6.92 Å². The maximum absolute atomic E-state index is 11.7. The van der Waals surface area contributed by atoms with Crippen LogP contribution in [0.2, 0.25) is 0 Å². The first-order valence-corrected chi connectivity index (χ1v) is 4.71. The van der Waals surface area contributed by atoms with E-state index < -0.39 is 0 Å². The fourth-order valence-electron chi connectivity index (χ4n) is 1.24. The number of imidazole rings is 1. The molecule has 0 aromatic carbocycles. The average molecular weight is 221 g/mol. The third-order valence-corrected chi connectivity index (χ3v) is 2.21. The van der Waals surface area contributed by atoms with Gasteiger partial charge in [0.25, 0.3) is 5.91 Å². The molecule has 2 rings (SSSR count). The lowest BCUT2D eigenvalue weighted by atomic mass is 10.3. The molecule has 0 atom stereocenters. The topological polar surface area (TPSA) is 85.8 Å². The van der Waals surface area contributed by atoms with Crippen LogP contribution in [0.3, 0.4) is 0 Å². The standard InChI is InChI=1S/C9H11N5O2/c1-6-7(13-16-12-6)3-11-9(15)8-4-10-5-14(8)2/h4-5H,3H2,1-2H3,(H,11,15). The van der Waals surface area contributed by atoms with E-state index in [1.54, 1.807) is 24.9 Å². The molecule has 0 aliphatic carbocycles. The lowest BCUT2D eigenvalue weighted by molar-refractivity contribution is 0.0942. The SMILES string of the molecule is Cc1nonc1CNC(=O)c1cncn1C. The van der Waals surface area contributed by atoms with Crippen molar-refractivity contribution >= 4 is 5.91 Å². The fourth-order valence-corrected chi connectivity index (χ4v) is 1.24. The molecular formula is C9H11N5O2. The van der Waals surface area contributed by atoms with E-state index in [9.17, 15) is 4.79 Å². The second-order valence-electron chi connectivity index (χ2n) is 3.37. The van der Waals surface area contributed by atoms with E-state index in [1.807, 2.05) is 0 Å². The van der Waals surface area contributed by atoms with Crippen molar-refractivity contribution in [3.63, 3.8) is 0 Å². The quantitative estimate of drug-likeness (QED) is 0.790. The minimum absolute atomic E-state index is 0.206. The molecule has 0 saturated carbocycles. The van der Waals surface area contributed by atoms with Crippen molar-refractivity contribution in [2.24, 2.45) is 7.05 Å². The zero-order chi connectivity index (χ0) is 11.5. The van der Waals surface area contributed by atoms with Gasteiger partial charge in [0.05, 0.1) is 19.1 Å². The van der Waals surface area contributed by atoms with Gasteiger partial charge in [0, 0.05) is 7.05 Å². The van der Waals surface area contributed by atoms with Crippen LogP contribution in [0.4, 0.5) is 0 Å². The largest absolute Gasteiger partial charge is 0.345 e. The van der Waals surface area contributed by atoms with Gasteiger partial charge >= 0.3 is 0 Å². The van der Waals surface area contributed by atoms with Crippen molar-refractivity contribution in [1.82, 2.24) is 25.2 Å². The summed E-state index contributed by atoms with van der Waals surface area (Å²) in [6, 6.07) is 0. The van der Waals surface area contributed by atoms with Gasteiger partial charge < -0.3 is 9.88 Å². The molecule has 1 N–H and O–H groups in total. The van der Waals surface area contributed by atoms with E-state index in [0.29, 0.717) is 23.6 Å². The molecule has 2 heterocycles. The van der Waals surface area contributed by atoms with Gasteiger partial charge in [0.1, 0.15) is 17.1 Å². The molecule has 84 valence electrons. The third kappa shape index (κ3) is 1.92. The Morgan fingerprint density at radius 3 is 2.94 bits per heavy atom. The predicted octanol–water partition coefficient (Wildman–Crippen LogP) is 0.0415. The Bertz CT molecular complexity index is 501. The van der Waals surface area contributed by atoms with Crippen LogP contribution in [0.15, 0.2) is 17.2 Å². The van der Waals surface area contributed by atoms with Gasteiger partial charge in [0.15, 0.2) is 0 Å². The summed E-state index contributed by atoms with van der Waals surface area (Å²) in [5.74, 6) is -0.206. The molecule has 2 aromatic heterocycles. The predicted molar refractivity (Wildman–Crippen MR) is 53.4 cm³/mol. The lowest BCUT2D eigenvalue weighted by Crippen LogP contribution is -2.25. The first kappa shape index (κ1) is 10.3. The van der Waals surface area contributed by atoms with Gasteiger partial charge in [-0.15, -0.1) is 0 Å². The highest BCUT2D eigenvalue weighted by atomic mass is 16.6. The van der Waals surface area contributed by atoms with E-state index in [2.05, 4.69) is 25.2 Å². The van der Waals surface area contributed by atoms with Gasteiger partial charge in [-0.3, -0.25) is 4.79 Å². The summed E-state index contributed by atoms with van der Waals surface area (Å²) in [7, 11) is 1.75. The number of nitrogens with one attached hydrogen (secondary N) is 1. The molecule has 0 bridgehead atoms. The normalized spacial score (nSPS) is 10.4. The zero-order valence-electron chi connectivity index (χ0n) is 8.97. The molecule has 0 aliphatic rings. The molecule has 7 heteroatoms. The molecule has 0 spiro atoms. The molecule has 0 fully saturated rings. The van der Waals surface area contributed by atoms with E-state index in [1.165, 1.54) is 6.20 Å². The number of carbonyl (C=O) groups is 1. The maximum atomic E-state index is 11.7. The molecule has 2 aromatic rings. The number of amides is 1. The van der Waals surface area contributed by atoms with E-state index >= 15 is 0 Å². The summed E-state index contributed by atoms with van der Waals surface area (Å²) in [4.78, 5) is 15.5. The molecular weight excluding hydrogens is 210 g/mol. The number of nitrogens with zero attached hydrogens (tertiary/aromatic N) is 4. The summed E-state index contributed by atoms with van der Waals surface area (Å²) < 4.78 is 6.17. The lowest BCUT2D eigenvalue weighted by Gasteiger charge is -2.02. The number of carbonyl (C=O) groups excluding carboxylic acids is 1. The number of hydrogen-bond donors (Lipinski definition) is 1. The monoisotopic (exact) mass is 221 g/mol. The minimum atomic E-state index is -0.206. The highest BCUT2D eigenvalue weighted by molar-refractivity contribution is 5.92. The number of rotatable bonds is 3. The summed E-state index contributed by atoms with van der Waals surface area (Å²) in [6.07, 6.45) is 3.07. The number of aryl methyl sites for hydroxylation is 2. The number of hydrogen-bond acceptors (Lipinski definition) is 5. The molecule has 7 nitrogen and oxygen atoms in total. The smallest absolute Gasteiger partial charge is 0.269 e. The molecule has 0 saturated heterocycles. The van der Waals surface area contributed by atoms with Crippen molar-refractivity contribution in [1.29, 1.82) is 0 Å². The fraction of sp³-hybridized carbons (Fsp3) is 0.333. The van der Waals surface area contributed by atoms with Crippen LogP contribution < -0.4 is 5.32 Å². The highest BCUT2D eigenvalue weighted by Crippen LogP contribution is 2.01. The van der Waals surface area contributed by atoms with Crippen LogP contribution >= 0.6 is 0 Å². The molecule has 0 radical (unpaired) electrons.